The van der Waals surface area contributed by atoms with E-state index in [-0.39, 0.29) is 11.7 Å². The third kappa shape index (κ3) is 5.15. The van der Waals surface area contributed by atoms with Gasteiger partial charge in [0.15, 0.2) is 11.0 Å². The van der Waals surface area contributed by atoms with Crippen LogP contribution in [0.25, 0.3) is 17.1 Å². The molecule has 0 unspecified atom stereocenters. The predicted octanol–water partition coefficient (Wildman–Crippen LogP) is 4.46. The van der Waals surface area contributed by atoms with E-state index in [1.165, 1.54) is 24.4 Å². The maximum atomic E-state index is 12.6. The average Bonchev–Trinajstić information content (AvgIpc) is 3.28. The first kappa shape index (κ1) is 23.2. The van der Waals surface area contributed by atoms with Crippen LogP contribution >= 0.6 is 11.8 Å². The highest BCUT2D eigenvalue weighted by molar-refractivity contribution is 7.99. The maximum absolute atomic E-state index is 12.6. The number of carbonyl (C=O) groups is 2. The van der Waals surface area contributed by atoms with Crippen molar-refractivity contribution in [3.8, 4) is 17.1 Å². The molecule has 1 amide bonds. The molecule has 2 heterocycles. The van der Waals surface area contributed by atoms with E-state index in [1.54, 1.807) is 36.7 Å². The van der Waals surface area contributed by atoms with Crippen molar-refractivity contribution in [1.29, 1.82) is 0 Å². The fourth-order valence-electron chi connectivity index (χ4n) is 3.32. The summed E-state index contributed by atoms with van der Waals surface area (Å²) in [5, 5.41) is 12.2. The Kier molecular flexibility index (Phi) is 7.03. The van der Waals surface area contributed by atoms with Crippen LogP contribution in [-0.4, -0.2) is 44.5 Å². The van der Waals surface area contributed by atoms with Crippen molar-refractivity contribution in [2.45, 2.75) is 19.0 Å². The quantitative estimate of drug-likeness (QED) is 0.312. The molecule has 0 atom stereocenters. The summed E-state index contributed by atoms with van der Waals surface area (Å²) in [6.45, 7) is 4.11. The summed E-state index contributed by atoms with van der Waals surface area (Å²) in [7, 11) is 1.32. The lowest BCUT2D eigenvalue weighted by molar-refractivity contribution is -0.113. The van der Waals surface area contributed by atoms with Crippen molar-refractivity contribution in [2.75, 3.05) is 18.2 Å². The van der Waals surface area contributed by atoms with Gasteiger partial charge in [-0.3, -0.25) is 14.3 Å². The molecule has 0 radical (unpaired) electrons. The van der Waals surface area contributed by atoms with E-state index >= 15 is 0 Å². The van der Waals surface area contributed by atoms with Gasteiger partial charge in [-0.15, -0.1) is 10.2 Å². The van der Waals surface area contributed by atoms with E-state index in [0.29, 0.717) is 22.2 Å². The van der Waals surface area contributed by atoms with Crippen molar-refractivity contribution >= 4 is 29.3 Å². The number of hydrogen-bond acceptors (Lipinski definition) is 7. The molecule has 0 fully saturated rings. The summed E-state index contributed by atoms with van der Waals surface area (Å²) in [5.74, 6) is 0.0870. The van der Waals surface area contributed by atoms with Gasteiger partial charge in [0, 0.05) is 23.6 Å². The second-order valence-electron chi connectivity index (χ2n) is 7.56. The molecule has 2 aromatic heterocycles. The van der Waals surface area contributed by atoms with E-state index < -0.39 is 5.97 Å². The minimum atomic E-state index is -0.462. The number of pyridine rings is 1. The number of nitrogens with zero attached hydrogens (tertiary/aromatic N) is 4. The number of hydrogen-bond donors (Lipinski definition) is 1. The third-order valence-electron chi connectivity index (χ3n) is 5.22. The smallest absolute Gasteiger partial charge is 0.337 e. The minimum absolute atomic E-state index is 0.113. The first-order valence-electron chi connectivity index (χ1n) is 10.5. The summed E-state index contributed by atoms with van der Waals surface area (Å²) >= 11 is 1.28. The number of carbonyl (C=O) groups excluding carboxylic acids is 2. The zero-order valence-electron chi connectivity index (χ0n) is 19.0. The fourth-order valence-corrected chi connectivity index (χ4v) is 4.07. The molecule has 0 bridgehead atoms. The van der Waals surface area contributed by atoms with Gasteiger partial charge < -0.3 is 10.1 Å². The molecular formula is C25H23N5O3S. The largest absolute Gasteiger partial charge is 0.465 e. The molecule has 4 aromatic rings. The molecule has 172 valence electrons. The number of amides is 1. The molecule has 0 spiro atoms. The minimum Gasteiger partial charge on any atom is -0.465 e. The molecular weight excluding hydrogens is 450 g/mol. The van der Waals surface area contributed by atoms with E-state index in [1.807, 2.05) is 22.8 Å². The number of aromatic nitrogens is 4. The number of benzene rings is 2. The molecule has 8 nitrogen and oxygen atoms in total. The van der Waals surface area contributed by atoms with Gasteiger partial charge in [0.2, 0.25) is 5.91 Å². The van der Waals surface area contributed by atoms with Crippen LogP contribution in [0.4, 0.5) is 5.69 Å². The number of rotatable bonds is 7. The Morgan fingerprint density at radius 1 is 1.00 bits per heavy atom. The Hall–Kier alpha value is -3.98. The van der Waals surface area contributed by atoms with E-state index in [0.717, 1.165) is 16.8 Å². The molecule has 0 saturated carbocycles. The van der Waals surface area contributed by atoms with Gasteiger partial charge >= 0.3 is 5.97 Å². The molecule has 0 aliphatic carbocycles. The van der Waals surface area contributed by atoms with Gasteiger partial charge in [-0.05, 0) is 67.4 Å². The van der Waals surface area contributed by atoms with Gasteiger partial charge in [-0.1, -0.05) is 23.9 Å². The molecule has 1 N–H and O–H groups in total. The summed E-state index contributed by atoms with van der Waals surface area (Å²) in [6.07, 6.45) is 3.41. The first-order chi connectivity index (χ1) is 16.5. The maximum Gasteiger partial charge on any atom is 0.337 e. The number of thioether (sulfide) groups is 1. The van der Waals surface area contributed by atoms with E-state index in [4.69, 9.17) is 4.74 Å². The average molecular weight is 474 g/mol. The molecule has 2 aromatic carbocycles. The van der Waals surface area contributed by atoms with Crippen molar-refractivity contribution in [2.24, 2.45) is 0 Å². The van der Waals surface area contributed by atoms with Gasteiger partial charge in [0.1, 0.15) is 0 Å². The standard InChI is InChI=1S/C25H23N5O3S/c1-16-7-8-21(13-17(16)2)30-23(18-9-11-26-12-10-18)28-29-25(30)34-15-22(31)27-20-6-4-5-19(14-20)24(32)33-3/h4-14H,15H2,1-3H3,(H,27,31). The van der Waals surface area contributed by atoms with E-state index in [9.17, 15) is 9.59 Å². The van der Waals surface area contributed by atoms with Crippen LogP contribution < -0.4 is 5.32 Å². The van der Waals surface area contributed by atoms with Crippen LogP contribution in [0, 0.1) is 13.8 Å². The van der Waals surface area contributed by atoms with Crippen LogP contribution in [-0.2, 0) is 9.53 Å². The number of methoxy groups -OCH3 is 1. The van der Waals surface area contributed by atoms with Gasteiger partial charge in [0.05, 0.1) is 24.1 Å². The van der Waals surface area contributed by atoms with Crippen molar-refractivity contribution < 1.29 is 14.3 Å². The monoisotopic (exact) mass is 473 g/mol. The Labute approximate surface area is 201 Å². The topological polar surface area (TPSA) is 99.0 Å². The van der Waals surface area contributed by atoms with E-state index in [2.05, 4.69) is 46.5 Å². The van der Waals surface area contributed by atoms with Crippen molar-refractivity contribution in [3.63, 3.8) is 0 Å². The van der Waals surface area contributed by atoms with Gasteiger partial charge in [0.25, 0.3) is 0 Å². The summed E-state index contributed by atoms with van der Waals surface area (Å²) in [4.78, 5) is 28.5. The highest BCUT2D eigenvalue weighted by Crippen LogP contribution is 2.28. The molecule has 9 heteroatoms. The first-order valence-corrected chi connectivity index (χ1v) is 11.5. The third-order valence-corrected chi connectivity index (χ3v) is 6.15. The molecule has 0 saturated heterocycles. The van der Waals surface area contributed by atoms with Crippen LogP contribution in [0.2, 0.25) is 0 Å². The van der Waals surface area contributed by atoms with Crippen molar-refractivity contribution in [3.05, 3.63) is 83.7 Å². The number of aryl methyl sites for hydroxylation is 2. The number of anilines is 1. The van der Waals surface area contributed by atoms with Crippen LogP contribution in [0.1, 0.15) is 21.5 Å². The number of esters is 1. The number of nitrogens with one attached hydrogen (secondary N) is 1. The highest BCUT2D eigenvalue weighted by atomic mass is 32.2. The van der Waals surface area contributed by atoms with Gasteiger partial charge in [-0.25, -0.2) is 4.79 Å². The molecule has 0 aliphatic rings. The lowest BCUT2D eigenvalue weighted by Gasteiger charge is -2.12. The summed E-state index contributed by atoms with van der Waals surface area (Å²) in [5.41, 5.74) is 4.99. The predicted molar refractivity (Wildman–Crippen MR) is 131 cm³/mol. The Bertz CT molecular complexity index is 1340. The normalized spacial score (nSPS) is 10.7. The van der Waals surface area contributed by atoms with Crippen molar-refractivity contribution in [1.82, 2.24) is 19.7 Å². The van der Waals surface area contributed by atoms with Crippen LogP contribution in [0.15, 0.2) is 72.1 Å². The zero-order valence-corrected chi connectivity index (χ0v) is 19.8. The Morgan fingerprint density at radius 3 is 2.53 bits per heavy atom. The second kappa shape index (κ2) is 10.3. The summed E-state index contributed by atoms with van der Waals surface area (Å²) in [6, 6.07) is 16.5. The second-order valence-corrected chi connectivity index (χ2v) is 8.50. The van der Waals surface area contributed by atoms with Crippen LogP contribution in [0.3, 0.4) is 0 Å². The zero-order chi connectivity index (χ0) is 24.1. The Morgan fingerprint density at radius 2 is 1.79 bits per heavy atom. The molecule has 4 rings (SSSR count). The lowest BCUT2D eigenvalue weighted by Crippen LogP contribution is -2.15. The van der Waals surface area contributed by atoms with Gasteiger partial charge in [-0.2, -0.15) is 0 Å². The highest BCUT2D eigenvalue weighted by Gasteiger charge is 2.18. The Balaban J connectivity index is 1.57. The lowest BCUT2D eigenvalue weighted by atomic mass is 10.1. The summed E-state index contributed by atoms with van der Waals surface area (Å²) < 4.78 is 6.68. The fraction of sp³-hybridized carbons (Fsp3) is 0.160. The molecule has 34 heavy (non-hydrogen) atoms. The molecule has 0 aliphatic heterocycles. The SMILES string of the molecule is COC(=O)c1cccc(NC(=O)CSc2nnc(-c3ccncc3)n2-c2ccc(C)c(C)c2)c1. The van der Waals surface area contributed by atoms with Crippen LogP contribution in [0.5, 0.6) is 0 Å². The number of ether oxygens (including phenoxy) is 1.